The predicted octanol–water partition coefficient (Wildman–Crippen LogP) is 4.32. The van der Waals surface area contributed by atoms with E-state index in [1.807, 2.05) is 12.1 Å². The molecule has 0 saturated carbocycles. The normalized spacial score (nSPS) is 14.6. The van der Waals surface area contributed by atoms with E-state index >= 15 is 0 Å². The van der Waals surface area contributed by atoms with Crippen molar-refractivity contribution in [2.45, 2.75) is 24.7 Å². The molecule has 1 aliphatic heterocycles. The van der Waals surface area contributed by atoms with Crippen LogP contribution < -0.4 is 10.1 Å². The SMILES string of the molecule is CCOc1ccc(NC(=O)c2cc(Cl)nc3ccccc23)cc1S(=O)(=O)N1CCCC1. The van der Waals surface area contributed by atoms with Crippen LogP contribution in [0.3, 0.4) is 0 Å². The maximum atomic E-state index is 13.2. The number of pyridine rings is 1. The van der Waals surface area contributed by atoms with Crippen molar-refractivity contribution in [3.63, 3.8) is 0 Å². The first-order chi connectivity index (χ1) is 14.9. The van der Waals surface area contributed by atoms with E-state index < -0.39 is 15.9 Å². The summed E-state index contributed by atoms with van der Waals surface area (Å²) in [6.07, 6.45) is 1.66. The Kier molecular flexibility index (Phi) is 6.13. The number of sulfonamides is 1. The fourth-order valence-corrected chi connectivity index (χ4v) is 5.53. The number of rotatable bonds is 6. The summed E-state index contributed by atoms with van der Waals surface area (Å²) in [5.74, 6) is -0.140. The van der Waals surface area contributed by atoms with Crippen LogP contribution in [-0.2, 0) is 10.0 Å². The van der Waals surface area contributed by atoms with E-state index in [0.29, 0.717) is 41.9 Å². The number of carbonyl (C=O) groups excluding carboxylic acids is 1. The first-order valence-corrected chi connectivity index (χ1v) is 11.9. The highest BCUT2D eigenvalue weighted by molar-refractivity contribution is 7.89. The van der Waals surface area contributed by atoms with E-state index in [0.717, 1.165) is 12.8 Å². The molecule has 0 bridgehead atoms. The molecule has 31 heavy (non-hydrogen) atoms. The van der Waals surface area contributed by atoms with Crippen LogP contribution in [0.2, 0.25) is 5.15 Å². The first-order valence-electron chi connectivity index (χ1n) is 10.0. The van der Waals surface area contributed by atoms with Gasteiger partial charge in [-0.15, -0.1) is 0 Å². The molecule has 1 aromatic heterocycles. The lowest BCUT2D eigenvalue weighted by atomic mass is 10.1. The largest absolute Gasteiger partial charge is 0.492 e. The van der Waals surface area contributed by atoms with E-state index in [4.69, 9.17) is 16.3 Å². The number of halogens is 1. The number of aromatic nitrogens is 1. The molecule has 1 saturated heterocycles. The van der Waals surface area contributed by atoms with Crippen LogP contribution in [-0.4, -0.2) is 43.3 Å². The monoisotopic (exact) mass is 459 g/mol. The quantitative estimate of drug-likeness (QED) is 0.554. The second kappa shape index (κ2) is 8.82. The van der Waals surface area contributed by atoms with Crippen molar-refractivity contribution in [2.24, 2.45) is 0 Å². The highest BCUT2D eigenvalue weighted by Gasteiger charge is 2.30. The molecule has 4 rings (SSSR count). The van der Waals surface area contributed by atoms with Gasteiger partial charge in [-0.2, -0.15) is 4.31 Å². The zero-order chi connectivity index (χ0) is 22.0. The van der Waals surface area contributed by atoms with Gasteiger partial charge in [0.15, 0.2) is 0 Å². The van der Waals surface area contributed by atoms with Gasteiger partial charge in [-0.25, -0.2) is 13.4 Å². The highest BCUT2D eigenvalue weighted by Crippen LogP contribution is 2.32. The fraction of sp³-hybridized carbons (Fsp3) is 0.273. The number of nitrogens with one attached hydrogen (secondary N) is 1. The van der Waals surface area contributed by atoms with Gasteiger partial charge in [0, 0.05) is 24.2 Å². The molecular weight excluding hydrogens is 438 g/mol. The number of amides is 1. The molecule has 1 amide bonds. The van der Waals surface area contributed by atoms with Gasteiger partial charge >= 0.3 is 0 Å². The molecule has 162 valence electrons. The zero-order valence-electron chi connectivity index (χ0n) is 17.0. The Morgan fingerprint density at radius 2 is 1.90 bits per heavy atom. The Morgan fingerprint density at radius 3 is 2.65 bits per heavy atom. The second-order valence-electron chi connectivity index (χ2n) is 7.17. The molecule has 0 atom stereocenters. The van der Waals surface area contributed by atoms with Crippen LogP contribution in [0.25, 0.3) is 10.9 Å². The van der Waals surface area contributed by atoms with Gasteiger partial charge in [0.05, 0.1) is 17.7 Å². The number of para-hydroxylation sites is 1. The summed E-state index contributed by atoms with van der Waals surface area (Å²) in [4.78, 5) is 17.3. The van der Waals surface area contributed by atoms with Crippen molar-refractivity contribution in [1.82, 2.24) is 9.29 Å². The van der Waals surface area contributed by atoms with E-state index in [1.165, 1.54) is 16.4 Å². The van der Waals surface area contributed by atoms with Crippen molar-refractivity contribution in [3.05, 3.63) is 59.2 Å². The van der Waals surface area contributed by atoms with E-state index in [2.05, 4.69) is 10.3 Å². The van der Waals surface area contributed by atoms with Gasteiger partial charge in [-0.3, -0.25) is 4.79 Å². The minimum absolute atomic E-state index is 0.0478. The molecule has 2 aromatic carbocycles. The number of anilines is 1. The van der Waals surface area contributed by atoms with E-state index in [1.54, 1.807) is 31.2 Å². The highest BCUT2D eigenvalue weighted by atomic mass is 35.5. The van der Waals surface area contributed by atoms with Crippen LogP contribution in [0.15, 0.2) is 53.4 Å². The molecule has 1 aliphatic rings. The third-order valence-electron chi connectivity index (χ3n) is 5.11. The summed E-state index contributed by atoms with van der Waals surface area (Å²) in [6.45, 7) is 3.08. The van der Waals surface area contributed by atoms with Gasteiger partial charge in [0.1, 0.15) is 15.8 Å². The number of hydrogen-bond acceptors (Lipinski definition) is 5. The standard InChI is InChI=1S/C22H22ClN3O4S/c1-2-30-19-10-9-15(13-20(19)31(28,29)26-11-5-6-12-26)24-22(27)17-14-21(23)25-18-8-4-3-7-16(17)18/h3-4,7-10,13-14H,2,5-6,11-12H2,1H3,(H,24,27). The number of carbonyl (C=O) groups is 1. The molecule has 0 spiro atoms. The molecule has 1 fully saturated rings. The molecule has 7 nitrogen and oxygen atoms in total. The van der Waals surface area contributed by atoms with Crippen LogP contribution in [0, 0.1) is 0 Å². The first kappa shape index (κ1) is 21.5. The minimum atomic E-state index is -3.73. The number of nitrogens with zero attached hydrogens (tertiary/aromatic N) is 2. The van der Waals surface area contributed by atoms with Gasteiger partial charge in [-0.05, 0) is 50.1 Å². The molecule has 1 N–H and O–H groups in total. The second-order valence-corrected chi connectivity index (χ2v) is 9.46. The molecule has 2 heterocycles. The van der Waals surface area contributed by atoms with Crippen LogP contribution in [0.1, 0.15) is 30.1 Å². The Labute approximate surface area is 186 Å². The fourth-order valence-electron chi connectivity index (χ4n) is 3.66. The summed E-state index contributed by atoms with van der Waals surface area (Å²) in [7, 11) is -3.73. The summed E-state index contributed by atoms with van der Waals surface area (Å²) in [5.41, 5.74) is 1.31. The van der Waals surface area contributed by atoms with Crippen LogP contribution in [0.5, 0.6) is 5.75 Å². The lowest BCUT2D eigenvalue weighted by molar-refractivity contribution is 0.102. The molecule has 0 radical (unpaired) electrons. The molecule has 3 aromatic rings. The Balaban J connectivity index is 1.70. The molecule has 0 unspecified atom stereocenters. The van der Waals surface area contributed by atoms with Crippen LogP contribution >= 0.6 is 11.6 Å². The van der Waals surface area contributed by atoms with Gasteiger partial charge in [0.25, 0.3) is 5.91 Å². The Hall–Kier alpha value is -2.68. The van der Waals surface area contributed by atoms with Gasteiger partial charge in [0.2, 0.25) is 10.0 Å². The van der Waals surface area contributed by atoms with Crippen molar-refractivity contribution < 1.29 is 17.9 Å². The lowest BCUT2D eigenvalue weighted by Crippen LogP contribution is -2.28. The number of benzene rings is 2. The van der Waals surface area contributed by atoms with E-state index in [9.17, 15) is 13.2 Å². The van der Waals surface area contributed by atoms with Crippen molar-refractivity contribution in [1.29, 1.82) is 0 Å². The van der Waals surface area contributed by atoms with Crippen molar-refractivity contribution in [2.75, 3.05) is 25.0 Å². The summed E-state index contributed by atoms with van der Waals surface area (Å²) in [5, 5.41) is 3.64. The van der Waals surface area contributed by atoms with Crippen LogP contribution in [0.4, 0.5) is 5.69 Å². The summed E-state index contributed by atoms with van der Waals surface area (Å²) >= 11 is 6.09. The van der Waals surface area contributed by atoms with Gasteiger partial charge < -0.3 is 10.1 Å². The van der Waals surface area contributed by atoms with E-state index in [-0.39, 0.29) is 15.8 Å². The molecule has 0 aliphatic carbocycles. The zero-order valence-corrected chi connectivity index (χ0v) is 18.5. The molecule has 9 heteroatoms. The van der Waals surface area contributed by atoms with Gasteiger partial charge in [-0.1, -0.05) is 29.8 Å². The topological polar surface area (TPSA) is 88.6 Å². The summed E-state index contributed by atoms with van der Waals surface area (Å²) in [6, 6.07) is 13.3. The third-order valence-corrected chi connectivity index (χ3v) is 7.23. The average molecular weight is 460 g/mol. The third kappa shape index (κ3) is 4.37. The van der Waals surface area contributed by atoms with Crippen molar-refractivity contribution >= 4 is 44.1 Å². The number of fused-ring (bicyclic) bond motifs is 1. The lowest BCUT2D eigenvalue weighted by Gasteiger charge is -2.19. The maximum Gasteiger partial charge on any atom is 0.256 e. The number of ether oxygens (including phenoxy) is 1. The predicted molar refractivity (Wildman–Crippen MR) is 120 cm³/mol. The Morgan fingerprint density at radius 1 is 1.16 bits per heavy atom. The maximum absolute atomic E-state index is 13.2. The molecular formula is C22H22ClN3O4S. The Bertz CT molecular complexity index is 1240. The van der Waals surface area contributed by atoms with Crippen molar-refractivity contribution in [3.8, 4) is 5.75 Å². The minimum Gasteiger partial charge on any atom is -0.492 e. The number of hydrogen-bond donors (Lipinski definition) is 1. The summed E-state index contributed by atoms with van der Waals surface area (Å²) < 4.78 is 33.3. The smallest absolute Gasteiger partial charge is 0.256 e. The average Bonchev–Trinajstić information content (AvgIpc) is 3.30.